The van der Waals surface area contributed by atoms with Crippen LogP contribution in [0.5, 0.6) is 5.75 Å². The molecule has 0 saturated carbocycles. The van der Waals surface area contributed by atoms with Crippen molar-refractivity contribution < 1.29 is 9.47 Å². The van der Waals surface area contributed by atoms with Gasteiger partial charge in [0.1, 0.15) is 11.6 Å². The third-order valence-electron chi connectivity index (χ3n) is 3.17. The van der Waals surface area contributed by atoms with Gasteiger partial charge in [0.15, 0.2) is 0 Å². The highest BCUT2D eigenvalue weighted by molar-refractivity contribution is 5.95. The summed E-state index contributed by atoms with van der Waals surface area (Å²) in [7, 11) is 1.68. The van der Waals surface area contributed by atoms with Gasteiger partial charge in [-0.25, -0.2) is 4.98 Å². The molecule has 0 aliphatic heterocycles. The van der Waals surface area contributed by atoms with Gasteiger partial charge < -0.3 is 14.8 Å². The number of pyridine rings is 1. The highest BCUT2D eigenvalue weighted by Gasteiger charge is 2.05. The Morgan fingerprint density at radius 1 is 1.15 bits per heavy atom. The highest BCUT2D eigenvalue weighted by Crippen LogP contribution is 2.28. The van der Waals surface area contributed by atoms with Crippen molar-refractivity contribution in [2.75, 3.05) is 32.2 Å². The number of methoxy groups -OCH3 is 1. The second-order valence-electron chi connectivity index (χ2n) is 4.61. The zero-order chi connectivity index (χ0) is 14.2. The molecule has 1 heterocycles. The summed E-state index contributed by atoms with van der Waals surface area (Å²) in [6, 6.07) is 7.95. The number of rotatable bonds is 8. The second kappa shape index (κ2) is 7.70. The van der Waals surface area contributed by atoms with Crippen molar-refractivity contribution in [3.05, 3.63) is 30.5 Å². The highest BCUT2D eigenvalue weighted by atomic mass is 16.5. The molecule has 4 heteroatoms. The summed E-state index contributed by atoms with van der Waals surface area (Å²) in [6.45, 7) is 4.44. The Labute approximate surface area is 120 Å². The first-order valence-electron chi connectivity index (χ1n) is 7.10. The number of nitrogens with zero attached hydrogens (tertiary/aromatic N) is 1. The SMILES string of the molecule is CCCCOCCNc1nccc2c(OC)cccc12. The number of hydrogen-bond acceptors (Lipinski definition) is 4. The van der Waals surface area contributed by atoms with Crippen LogP contribution in [-0.4, -0.2) is 31.9 Å². The third-order valence-corrected chi connectivity index (χ3v) is 3.17. The van der Waals surface area contributed by atoms with Gasteiger partial charge >= 0.3 is 0 Å². The molecule has 0 unspecified atom stereocenters. The average Bonchev–Trinajstić information content (AvgIpc) is 2.50. The molecule has 0 fully saturated rings. The lowest BCUT2D eigenvalue weighted by molar-refractivity contribution is 0.141. The maximum Gasteiger partial charge on any atom is 0.134 e. The number of ether oxygens (including phenoxy) is 2. The third kappa shape index (κ3) is 3.61. The van der Waals surface area contributed by atoms with Crippen LogP contribution in [0.25, 0.3) is 10.8 Å². The van der Waals surface area contributed by atoms with E-state index in [0.29, 0.717) is 6.61 Å². The van der Waals surface area contributed by atoms with Crippen LogP contribution in [-0.2, 0) is 4.74 Å². The lowest BCUT2D eigenvalue weighted by Crippen LogP contribution is -2.11. The second-order valence-corrected chi connectivity index (χ2v) is 4.61. The summed E-state index contributed by atoms with van der Waals surface area (Å²) in [5.74, 6) is 1.74. The van der Waals surface area contributed by atoms with Gasteiger partial charge in [-0.05, 0) is 18.6 Å². The van der Waals surface area contributed by atoms with E-state index < -0.39 is 0 Å². The van der Waals surface area contributed by atoms with Crippen molar-refractivity contribution >= 4 is 16.6 Å². The summed E-state index contributed by atoms with van der Waals surface area (Å²) in [5.41, 5.74) is 0. The first-order valence-corrected chi connectivity index (χ1v) is 7.10. The number of benzene rings is 1. The monoisotopic (exact) mass is 274 g/mol. The summed E-state index contributed by atoms with van der Waals surface area (Å²) >= 11 is 0. The van der Waals surface area contributed by atoms with E-state index in [4.69, 9.17) is 9.47 Å². The average molecular weight is 274 g/mol. The molecule has 4 nitrogen and oxygen atoms in total. The number of hydrogen-bond donors (Lipinski definition) is 1. The van der Waals surface area contributed by atoms with Crippen LogP contribution < -0.4 is 10.1 Å². The summed E-state index contributed by atoms with van der Waals surface area (Å²) < 4.78 is 10.9. The zero-order valence-electron chi connectivity index (χ0n) is 12.2. The lowest BCUT2D eigenvalue weighted by Gasteiger charge is -2.11. The van der Waals surface area contributed by atoms with Gasteiger partial charge in [-0.2, -0.15) is 0 Å². The Balaban J connectivity index is 2.00. The van der Waals surface area contributed by atoms with E-state index in [9.17, 15) is 0 Å². The van der Waals surface area contributed by atoms with Gasteiger partial charge in [0.25, 0.3) is 0 Å². The molecule has 2 aromatic rings. The topological polar surface area (TPSA) is 43.4 Å². The molecule has 0 amide bonds. The molecular weight excluding hydrogens is 252 g/mol. The fraction of sp³-hybridized carbons (Fsp3) is 0.438. The Morgan fingerprint density at radius 2 is 2.05 bits per heavy atom. The maximum atomic E-state index is 5.54. The minimum absolute atomic E-state index is 0.696. The minimum Gasteiger partial charge on any atom is -0.496 e. The smallest absolute Gasteiger partial charge is 0.134 e. The van der Waals surface area contributed by atoms with Crippen molar-refractivity contribution in [1.82, 2.24) is 4.98 Å². The lowest BCUT2D eigenvalue weighted by atomic mass is 10.1. The van der Waals surface area contributed by atoms with Crippen LogP contribution in [0.3, 0.4) is 0 Å². The van der Waals surface area contributed by atoms with Crippen LogP contribution in [0, 0.1) is 0 Å². The van der Waals surface area contributed by atoms with Gasteiger partial charge in [-0.15, -0.1) is 0 Å². The number of aromatic nitrogens is 1. The Hall–Kier alpha value is -1.81. The predicted molar refractivity (Wildman–Crippen MR) is 82.5 cm³/mol. The molecule has 0 aliphatic carbocycles. The number of fused-ring (bicyclic) bond motifs is 1. The molecule has 20 heavy (non-hydrogen) atoms. The van der Waals surface area contributed by atoms with Gasteiger partial charge in [0.2, 0.25) is 0 Å². The molecule has 0 bridgehead atoms. The molecular formula is C16H22N2O2. The molecule has 1 N–H and O–H groups in total. The largest absolute Gasteiger partial charge is 0.496 e. The first kappa shape index (κ1) is 14.6. The Morgan fingerprint density at radius 3 is 2.85 bits per heavy atom. The van der Waals surface area contributed by atoms with E-state index >= 15 is 0 Å². The van der Waals surface area contributed by atoms with Crippen molar-refractivity contribution in [1.29, 1.82) is 0 Å². The van der Waals surface area contributed by atoms with E-state index in [1.807, 2.05) is 24.3 Å². The quantitative estimate of drug-likeness (QED) is 0.748. The summed E-state index contributed by atoms with van der Waals surface area (Å²) in [5, 5.41) is 5.46. The van der Waals surface area contributed by atoms with E-state index in [2.05, 4.69) is 17.2 Å². The molecule has 1 aromatic carbocycles. The van der Waals surface area contributed by atoms with Gasteiger partial charge in [0, 0.05) is 30.1 Å². The molecule has 0 aliphatic rings. The number of unbranched alkanes of at least 4 members (excludes halogenated alkanes) is 1. The molecule has 0 atom stereocenters. The van der Waals surface area contributed by atoms with E-state index in [-0.39, 0.29) is 0 Å². The van der Waals surface area contributed by atoms with Crippen molar-refractivity contribution in [2.45, 2.75) is 19.8 Å². The van der Waals surface area contributed by atoms with Crippen LogP contribution >= 0.6 is 0 Å². The molecule has 0 radical (unpaired) electrons. The van der Waals surface area contributed by atoms with E-state index in [0.717, 1.165) is 48.3 Å². The van der Waals surface area contributed by atoms with Gasteiger partial charge in [-0.3, -0.25) is 0 Å². The standard InChI is InChI=1S/C16H22N2O2/c1-3-4-11-20-12-10-18-16-14-6-5-7-15(19-2)13(14)8-9-17-16/h5-9H,3-4,10-12H2,1-2H3,(H,17,18). The molecule has 1 aromatic heterocycles. The molecule has 0 spiro atoms. The van der Waals surface area contributed by atoms with Gasteiger partial charge in [-0.1, -0.05) is 25.5 Å². The van der Waals surface area contributed by atoms with Gasteiger partial charge in [0.05, 0.1) is 13.7 Å². The molecule has 108 valence electrons. The van der Waals surface area contributed by atoms with Crippen LogP contribution in [0.15, 0.2) is 30.5 Å². The van der Waals surface area contributed by atoms with Crippen LogP contribution in [0.2, 0.25) is 0 Å². The number of anilines is 1. The molecule has 2 rings (SSSR count). The summed E-state index contributed by atoms with van der Waals surface area (Å²) in [6.07, 6.45) is 4.08. The van der Waals surface area contributed by atoms with Crippen molar-refractivity contribution in [2.24, 2.45) is 0 Å². The minimum atomic E-state index is 0.696. The van der Waals surface area contributed by atoms with Crippen LogP contribution in [0.4, 0.5) is 5.82 Å². The fourth-order valence-electron chi connectivity index (χ4n) is 2.09. The predicted octanol–water partition coefficient (Wildman–Crippen LogP) is 3.47. The van der Waals surface area contributed by atoms with Crippen molar-refractivity contribution in [3.63, 3.8) is 0 Å². The molecule has 0 saturated heterocycles. The Bertz CT molecular complexity index is 543. The van der Waals surface area contributed by atoms with E-state index in [1.165, 1.54) is 0 Å². The number of nitrogens with one attached hydrogen (secondary N) is 1. The maximum absolute atomic E-state index is 5.54. The van der Waals surface area contributed by atoms with Crippen molar-refractivity contribution in [3.8, 4) is 5.75 Å². The van der Waals surface area contributed by atoms with Crippen LogP contribution in [0.1, 0.15) is 19.8 Å². The first-order chi connectivity index (χ1) is 9.86. The fourth-order valence-corrected chi connectivity index (χ4v) is 2.09. The normalized spacial score (nSPS) is 10.7. The summed E-state index contributed by atoms with van der Waals surface area (Å²) in [4.78, 5) is 4.39. The Kier molecular flexibility index (Phi) is 5.62. The van der Waals surface area contributed by atoms with E-state index in [1.54, 1.807) is 13.3 Å². The zero-order valence-corrected chi connectivity index (χ0v) is 12.2.